The Kier molecular flexibility index (Phi) is 7.42. The van der Waals surface area contributed by atoms with E-state index in [1.165, 1.54) is 7.11 Å². The summed E-state index contributed by atoms with van der Waals surface area (Å²) in [6.07, 6.45) is 2.24. The molecule has 0 saturated carbocycles. The zero-order valence-corrected chi connectivity index (χ0v) is 17.6. The van der Waals surface area contributed by atoms with Gasteiger partial charge < -0.3 is 20.1 Å². The number of amides is 2. The molecule has 2 N–H and O–H groups in total. The van der Waals surface area contributed by atoms with E-state index in [0.717, 1.165) is 27.9 Å². The number of benzene rings is 2. The monoisotopic (exact) mass is 396 g/mol. The molecule has 0 unspecified atom stereocenters. The van der Waals surface area contributed by atoms with Crippen molar-refractivity contribution in [1.29, 1.82) is 0 Å². The fourth-order valence-electron chi connectivity index (χ4n) is 3.30. The maximum absolute atomic E-state index is 12.6. The zero-order valence-electron chi connectivity index (χ0n) is 17.6. The Balaban J connectivity index is 2.11. The number of nitrogens with one attached hydrogen (secondary N) is 2. The largest absolute Gasteiger partial charge is 0.493 e. The topological polar surface area (TPSA) is 76.7 Å². The summed E-state index contributed by atoms with van der Waals surface area (Å²) >= 11 is 0. The predicted octanol–water partition coefficient (Wildman–Crippen LogP) is 3.73. The molecule has 2 rings (SSSR count). The van der Waals surface area contributed by atoms with E-state index in [1.807, 2.05) is 32.9 Å². The van der Waals surface area contributed by atoms with Crippen LogP contribution in [0.3, 0.4) is 0 Å². The second-order valence-corrected chi connectivity index (χ2v) is 6.87. The van der Waals surface area contributed by atoms with Gasteiger partial charge in [0, 0.05) is 16.8 Å². The molecule has 154 valence electrons. The van der Waals surface area contributed by atoms with Crippen LogP contribution in [-0.2, 0) is 11.2 Å². The van der Waals surface area contributed by atoms with Crippen molar-refractivity contribution in [2.75, 3.05) is 26.1 Å². The predicted molar refractivity (Wildman–Crippen MR) is 115 cm³/mol. The number of aryl methyl sites for hydroxylation is 3. The lowest BCUT2D eigenvalue weighted by Gasteiger charge is -2.15. The van der Waals surface area contributed by atoms with Crippen LogP contribution < -0.4 is 20.1 Å². The van der Waals surface area contributed by atoms with Crippen LogP contribution in [0.15, 0.2) is 36.9 Å². The highest BCUT2D eigenvalue weighted by Crippen LogP contribution is 2.33. The van der Waals surface area contributed by atoms with Gasteiger partial charge in [0.2, 0.25) is 5.91 Å². The van der Waals surface area contributed by atoms with Crippen molar-refractivity contribution in [3.8, 4) is 11.5 Å². The SMILES string of the molecule is C=CCc1cc(C(=O)NCC(=O)Nc2c(C)cc(C)cc2C)cc(OC)c1OC. The maximum atomic E-state index is 12.6. The van der Waals surface area contributed by atoms with Crippen molar-refractivity contribution in [1.82, 2.24) is 5.32 Å². The van der Waals surface area contributed by atoms with Crippen LogP contribution in [-0.4, -0.2) is 32.6 Å². The standard InChI is InChI=1S/C23H28N2O4/c1-7-8-17-11-18(12-19(28-5)22(17)29-6)23(27)24-13-20(26)25-21-15(3)9-14(2)10-16(21)4/h7,9-12H,1,8,13H2,2-6H3,(H,24,27)(H,25,26). The summed E-state index contributed by atoms with van der Waals surface area (Å²) in [7, 11) is 3.06. The highest BCUT2D eigenvalue weighted by Gasteiger charge is 2.16. The Morgan fingerprint density at radius 3 is 2.24 bits per heavy atom. The third kappa shape index (κ3) is 5.38. The summed E-state index contributed by atoms with van der Waals surface area (Å²) in [5.74, 6) is 0.350. The highest BCUT2D eigenvalue weighted by atomic mass is 16.5. The number of anilines is 1. The molecular formula is C23H28N2O4. The molecule has 2 amide bonds. The number of hydrogen-bond acceptors (Lipinski definition) is 4. The van der Waals surface area contributed by atoms with Gasteiger partial charge in [-0.1, -0.05) is 23.8 Å². The molecule has 6 nitrogen and oxygen atoms in total. The summed E-state index contributed by atoms with van der Waals surface area (Å²) in [5, 5.41) is 5.53. The van der Waals surface area contributed by atoms with Crippen molar-refractivity contribution in [2.24, 2.45) is 0 Å². The molecular weight excluding hydrogens is 368 g/mol. The number of hydrogen-bond donors (Lipinski definition) is 2. The van der Waals surface area contributed by atoms with Crippen molar-refractivity contribution in [3.63, 3.8) is 0 Å². The van der Waals surface area contributed by atoms with Gasteiger partial charge in [0.15, 0.2) is 11.5 Å². The molecule has 0 saturated heterocycles. The lowest BCUT2D eigenvalue weighted by atomic mass is 10.0. The van der Waals surface area contributed by atoms with E-state index in [9.17, 15) is 9.59 Å². The number of allylic oxidation sites excluding steroid dienone is 1. The molecule has 0 atom stereocenters. The molecule has 0 aliphatic heterocycles. The van der Waals surface area contributed by atoms with Crippen LogP contribution in [0.1, 0.15) is 32.6 Å². The lowest BCUT2D eigenvalue weighted by molar-refractivity contribution is -0.115. The quantitative estimate of drug-likeness (QED) is 0.667. The van der Waals surface area contributed by atoms with Crippen molar-refractivity contribution < 1.29 is 19.1 Å². The lowest BCUT2D eigenvalue weighted by Crippen LogP contribution is -2.33. The van der Waals surface area contributed by atoms with E-state index in [0.29, 0.717) is 23.5 Å². The number of ether oxygens (including phenoxy) is 2. The normalized spacial score (nSPS) is 10.2. The maximum Gasteiger partial charge on any atom is 0.251 e. The fraction of sp³-hybridized carbons (Fsp3) is 0.304. The van der Waals surface area contributed by atoms with Crippen LogP contribution in [0.4, 0.5) is 5.69 Å². The first-order valence-corrected chi connectivity index (χ1v) is 9.32. The van der Waals surface area contributed by atoms with Gasteiger partial charge in [-0.15, -0.1) is 6.58 Å². The van der Waals surface area contributed by atoms with Gasteiger partial charge >= 0.3 is 0 Å². The summed E-state index contributed by atoms with van der Waals surface area (Å²) in [6.45, 7) is 9.48. The summed E-state index contributed by atoms with van der Waals surface area (Å²) in [4.78, 5) is 24.9. The molecule has 0 fully saturated rings. The molecule has 2 aromatic carbocycles. The number of carbonyl (C=O) groups excluding carboxylic acids is 2. The molecule has 0 radical (unpaired) electrons. The Morgan fingerprint density at radius 2 is 1.69 bits per heavy atom. The van der Waals surface area contributed by atoms with E-state index in [1.54, 1.807) is 25.3 Å². The van der Waals surface area contributed by atoms with E-state index in [4.69, 9.17) is 9.47 Å². The molecule has 0 heterocycles. The van der Waals surface area contributed by atoms with Gasteiger partial charge in [0.1, 0.15) is 0 Å². The van der Waals surface area contributed by atoms with Crippen LogP contribution in [0.5, 0.6) is 11.5 Å². The first kappa shape index (κ1) is 22.0. The zero-order chi connectivity index (χ0) is 21.6. The van der Waals surface area contributed by atoms with E-state index in [-0.39, 0.29) is 18.4 Å². The average molecular weight is 396 g/mol. The van der Waals surface area contributed by atoms with E-state index in [2.05, 4.69) is 17.2 Å². The third-order valence-electron chi connectivity index (χ3n) is 4.53. The Labute approximate surface area is 171 Å². The minimum absolute atomic E-state index is 0.142. The summed E-state index contributed by atoms with van der Waals surface area (Å²) < 4.78 is 10.7. The summed E-state index contributed by atoms with van der Waals surface area (Å²) in [6, 6.07) is 7.31. The fourth-order valence-corrected chi connectivity index (χ4v) is 3.30. The van der Waals surface area contributed by atoms with Crippen LogP contribution in [0, 0.1) is 20.8 Å². The first-order chi connectivity index (χ1) is 13.8. The second kappa shape index (κ2) is 9.78. The smallest absolute Gasteiger partial charge is 0.251 e. The number of rotatable bonds is 8. The van der Waals surface area contributed by atoms with Crippen LogP contribution in [0.25, 0.3) is 0 Å². The molecule has 0 bridgehead atoms. The van der Waals surface area contributed by atoms with Gasteiger partial charge in [-0.2, -0.15) is 0 Å². The molecule has 0 aromatic heterocycles. The minimum atomic E-state index is -0.372. The minimum Gasteiger partial charge on any atom is -0.493 e. The average Bonchev–Trinajstić information content (AvgIpc) is 2.68. The number of carbonyl (C=O) groups is 2. The van der Waals surface area contributed by atoms with Crippen LogP contribution >= 0.6 is 0 Å². The highest BCUT2D eigenvalue weighted by molar-refractivity contribution is 6.00. The first-order valence-electron chi connectivity index (χ1n) is 9.32. The van der Waals surface area contributed by atoms with Crippen molar-refractivity contribution >= 4 is 17.5 Å². The second-order valence-electron chi connectivity index (χ2n) is 6.87. The Bertz CT molecular complexity index is 912. The third-order valence-corrected chi connectivity index (χ3v) is 4.53. The van der Waals surface area contributed by atoms with Gasteiger partial charge in [0.25, 0.3) is 5.91 Å². The summed E-state index contributed by atoms with van der Waals surface area (Å²) in [5.41, 5.74) is 5.04. The van der Waals surface area contributed by atoms with Gasteiger partial charge in [-0.05, 0) is 50.5 Å². The molecule has 6 heteroatoms. The van der Waals surface area contributed by atoms with Crippen molar-refractivity contribution in [3.05, 3.63) is 64.7 Å². The molecule has 0 spiro atoms. The molecule has 0 aliphatic carbocycles. The van der Waals surface area contributed by atoms with E-state index >= 15 is 0 Å². The Morgan fingerprint density at radius 1 is 1.03 bits per heavy atom. The number of methoxy groups -OCH3 is 2. The van der Waals surface area contributed by atoms with E-state index < -0.39 is 0 Å². The van der Waals surface area contributed by atoms with Gasteiger partial charge in [-0.25, -0.2) is 0 Å². The van der Waals surface area contributed by atoms with Gasteiger partial charge in [0.05, 0.1) is 20.8 Å². The van der Waals surface area contributed by atoms with Gasteiger partial charge in [-0.3, -0.25) is 9.59 Å². The molecule has 2 aromatic rings. The van der Waals surface area contributed by atoms with Crippen molar-refractivity contribution in [2.45, 2.75) is 27.2 Å². The molecule has 0 aliphatic rings. The Hall–Kier alpha value is -3.28. The molecule has 29 heavy (non-hydrogen) atoms. The van der Waals surface area contributed by atoms with Crippen LogP contribution in [0.2, 0.25) is 0 Å².